The summed E-state index contributed by atoms with van der Waals surface area (Å²) in [6, 6.07) is 5.96. The van der Waals surface area contributed by atoms with Crippen molar-refractivity contribution in [3.05, 3.63) is 40.1 Å². The first-order valence-corrected chi connectivity index (χ1v) is 7.39. The number of aryl methyl sites for hydroxylation is 1. The van der Waals surface area contributed by atoms with Crippen LogP contribution in [0.4, 0.5) is 0 Å². The molecule has 0 amide bonds. The van der Waals surface area contributed by atoms with Gasteiger partial charge in [-0.15, -0.1) is 5.10 Å². The maximum Gasteiger partial charge on any atom is 0.119 e. The van der Waals surface area contributed by atoms with Gasteiger partial charge in [0.1, 0.15) is 5.75 Å². The van der Waals surface area contributed by atoms with Gasteiger partial charge in [0.2, 0.25) is 0 Å². The summed E-state index contributed by atoms with van der Waals surface area (Å²) in [7, 11) is 3.60. The van der Waals surface area contributed by atoms with E-state index in [0.29, 0.717) is 0 Å². The first-order valence-electron chi connectivity index (χ1n) is 6.60. The summed E-state index contributed by atoms with van der Waals surface area (Å²) in [5.41, 5.74) is 2.15. The van der Waals surface area contributed by atoms with Crippen molar-refractivity contribution >= 4 is 15.9 Å². The third kappa shape index (κ3) is 3.02. The summed E-state index contributed by atoms with van der Waals surface area (Å²) in [6.45, 7) is 2.98. The van der Waals surface area contributed by atoms with Crippen LogP contribution in [-0.4, -0.2) is 29.2 Å². The monoisotopic (exact) mass is 338 g/mol. The summed E-state index contributed by atoms with van der Waals surface area (Å²) in [5, 5.41) is 11.5. The Morgan fingerprint density at radius 1 is 1.45 bits per heavy atom. The lowest BCUT2D eigenvalue weighted by Gasteiger charge is -2.19. The highest BCUT2D eigenvalue weighted by Gasteiger charge is 2.20. The zero-order valence-electron chi connectivity index (χ0n) is 11.9. The number of benzene rings is 1. The van der Waals surface area contributed by atoms with Gasteiger partial charge < -0.3 is 10.1 Å². The van der Waals surface area contributed by atoms with Crippen LogP contribution in [0.15, 0.2) is 28.9 Å². The van der Waals surface area contributed by atoms with Gasteiger partial charge in [-0.05, 0) is 37.2 Å². The third-order valence-corrected chi connectivity index (χ3v) is 3.90. The van der Waals surface area contributed by atoms with Crippen molar-refractivity contribution in [1.82, 2.24) is 20.3 Å². The van der Waals surface area contributed by atoms with E-state index < -0.39 is 0 Å². The van der Waals surface area contributed by atoms with E-state index >= 15 is 0 Å². The van der Waals surface area contributed by atoms with Crippen molar-refractivity contribution in [1.29, 1.82) is 0 Å². The van der Waals surface area contributed by atoms with Crippen LogP contribution in [0, 0.1) is 0 Å². The molecule has 1 atom stereocenters. The first-order chi connectivity index (χ1) is 9.71. The zero-order valence-corrected chi connectivity index (χ0v) is 13.5. The van der Waals surface area contributed by atoms with Crippen molar-refractivity contribution in [3.8, 4) is 5.75 Å². The fourth-order valence-electron chi connectivity index (χ4n) is 2.21. The van der Waals surface area contributed by atoms with E-state index in [1.807, 2.05) is 36.1 Å². The summed E-state index contributed by atoms with van der Waals surface area (Å²) < 4.78 is 8.28. The van der Waals surface area contributed by atoms with Gasteiger partial charge in [0.25, 0.3) is 0 Å². The Kier molecular flexibility index (Phi) is 5.14. The van der Waals surface area contributed by atoms with Crippen LogP contribution >= 0.6 is 15.9 Å². The number of nitrogens with zero attached hydrogens (tertiary/aromatic N) is 3. The fraction of sp³-hybridized carbons (Fsp3) is 0.429. The topological polar surface area (TPSA) is 52.0 Å². The summed E-state index contributed by atoms with van der Waals surface area (Å²) >= 11 is 3.60. The van der Waals surface area contributed by atoms with Crippen LogP contribution in [0.1, 0.15) is 30.6 Å². The Hall–Kier alpha value is -1.40. The maximum atomic E-state index is 5.31. The van der Waals surface area contributed by atoms with Crippen LogP contribution in [0.5, 0.6) is 5.75 Å². The average Bonchev–Trinajstić information content (AvgIpc) is 2.90. The average molecular weight is 339 g/mol. The lowest BCUT2D eigenvalue weighted by atomic mass is 10.0. The number of nitrogens with one attached hydrogen (secondary N) is 1. The highest BCUT2D eigenvalue weighted by Crippen LogP contribution is 2.31. The lowest BCUT2D eigenvalue weighted by Crippen LogP contribution is -2.22. The molecular formula is C14H19BrN4O. The number of halogens is 1. The van der Waals surface area contributed by atoms with Crippen molar-refractivity contribution in [2.45, 2.75) is 25.9 Å². The molecule has 108 valence electrons. The highest BCUT2D eigenvalue weighted by atomic mass is 79.9. The predicted octanol–water partition coefficient (Wildman–Crippen LogP) is 2.77. The molecule has 0 aliphatic rings. The van der Waals surface area contributed by atoms with E-state index in [0.717, 1.165) is 34.4 Å². The molecule has 1 N–H and O–H groups in total. The number of ether oxygens (including phenoxy) is 1. The molecule has 0 aliphatic carbocycles. The molecule has 5 nitrogen and oxygen atoms in total. The van der Waals surface area contributed by atoms with Gasteiger partial charge in [0.05, 0.1) is 25.0 Å². The molecule has 1 aromatic heterocycles. The fourth-order valence-corrected chi connectivity index (χ4v) is 2.68. The van der Waals surface area contributed by atoms with E-state index in [1.165, 1.54) is 0 Å². The molecular weight excluding hydrogens is 320 g/mol. The Morgan fingerprint density at radius 2 is 2.25 bits per heavy atom. The third-order valence-electron chi connectivity index (χ3n) is 3.18. The largest absolute Gasteiger partial charge is 0.497 e. The summed E-state index contributed by atoms with van der Waals surface area (Å²) in [6.07, 6.45) is 2.83. The van der Waals surface area contributed by atoms with Gasteiger partial charge in [0, 0.05) is 11.0 Å². The van der Waals surface area contributed by atoms with Crippen LogP contribution < -0.4 is 10.1 Å². The number of aromatic nitrogens is 3. The van der Waals surface area contributed by atoms with E-state index in [9.17, 15) is 0 Å². The van der Waals surface area contributed by atoms with Crippen LogP contribution in [0.3, 0.4) is 0 Å². The number of hydrogen-bond acceptors (Lipinski definition) is 4. The molecule has 6 heteroatoms. The molecule has 0 spiro atoms. The Balaban J connectivity index is 2.43. The van der Waals surface area contributed by atoms with Gasteiger partial charge in [0.15, 0.2) is 0 Å². The second-order valence-corrected chi connectivity index (χ2v) is 5.35. The Morgan fingerprint density at radius 3 is 2.90 bits per heavy atom. The molecule has 0 saturated heterocycles. The quantitative estimate of drug-likeness (QED) is 0.879. The van der Waals surface area contributed by atoms with Crippen molar-refractivity contribution in [2.24, 2.45) is 0 Å². The van der Waals surface area contributed by atoms with Gasteiger partial charge in [-0.25, -0.2) is 4.68 Å². The normalized spacial score (nSPS) is 12.4. The predicted molar refractivity (Wildman–Crippen MR) is 81.9 cm³/mol. The standard InChI is InChI=1S/C14H19BrN4O/c1-4-7-19-13(9-17-18-19)14(16-2)11-8-10(20-3)5-6-12(11)15/h5-6,8-9,14,16H,4,7H2,1-3H3. The van der Waals surface area contributed by atoms with Crippen molar-refractivity contribution in [2.75, 3.05) is 14.2 Å². The Bertz CT molecular complexity index is 570. The summed E-state index contributed by atoms with van der Waals surface area (Å²) in [4.78, 5) is 0. The first kappa shape index (κ1) is 15.0. The van der Waals surface area contributed by atoms with Gasteiger partial charge in [-0.1, -0.05) is 28.1 Å². The minimum Gasteiger partial charge on any atom is -0.497 e. The summed E-state index contributed by atoms with van der Waals surface area (Å²) in [5.74, 6) is 0.831. The molecule has 20 heavy (non-hydrogen) atoms. The number of rotatable bonds is 6. The molecule has 0 bridgehead atoms. The Labute approximate surface area is 127 Å². The highest BCUT2D eigenvalue weighted by molar-refractivity contribution is 9.10. The number of hydrogen-bond donors (Lipinski definition) is 1. The van der Waals surface area contributed by atoms with E-state index in [1.54, 1.807) is 7.11 Å². The van der Waals surface area contributed by atoms with Crippen molar-refractivity contribution in [3.63, 3.8) is 0 Å². The molecule has 0 saturated carbocycles. The van der Waals surface area contributed by atoms with Crippen molar-refractivity contribution < 1.29 is 4.74 Å². The van der Waals surface area contributed by atoms with Gasteiger partial charge in [-0.2, -0.15) is 0 Å². The molecule has 0 fully saturated rings. The van der Waals surface area contributed by atoms with E-state index in [4.69, 9.17) is 4.74 Å². The SMILES string of the molecule is CCCn1nncc1C(NC)c1cc(OC)ccc1Br. The minimum atomic E-state index is 0.0148. The molecule has 1 aromatic carbocycles. The van der Waals surface area contributed by atoms with Gasteiger partial charge in [-0.3, -0.25) is 0 Å². The van der Waals surface area contributed by atoms with Crippen LogP contribution in [0.2, 0.25) is 0 Å². The van der Waals surface area contributed by atoms with Crippen LogP contribution in [0.25, 0.3) is 0 Å². The maximum absolute atomic E-state index is 5.31. The molecule has 1 unspecified atom stereocenters. The smallest absolute Gasteiger partial charge is 0.119 e. The molecule has 0 radical (unpaired) electrons. The van der Waals surface area contributed by atoms with E-state index in [2.05, 4.69) is 38.5 Å². The number of methoxy groups -OCH3 is 1. The molecule has 0 aliphatic heterocycles. The lowest BCUT2D eigenvalue weighted by molar-refractivity contribution is 0.413. The van der Waals surface area contributed by atoms with E-state index in [-0.39, 0.29) is 6.04 Å². The minimum absolute atomic E-state index is 0.0148. The zero-order chi connectivity index (χ0) is 14.5. The second-order valence-electron chi connectivity index (χ2n) is 4.49. The van der Waals surface area contributed by atoms with Crippen LogP contribution in [-0.2, 0) is 6.54 Å². The molecule has 1 heterocycles. The second kappa shape index (κ2) is 6.85. The molecule has 2 rings (SSSR count). The molecule has 2 aromatic rings. The van der Waals surface area contributed by atoms with Gasteiger partial charge >= 0.3 is 0 Å².